The molecule has 1 aromatic heterocycles. The summed E-state index contributed by atoms with van der Waals surface area (Å²) in [7, 11) is 1.78. The number of halogens is 1. The molecule has 0 aliphatic carbocycles. The van der Waals surface area contributed by atoms with Crippen molar-refractivity contribution in [3.05, 3.63) is 51.1 Å². The standard InChI is InChI=1S/C14H14BrNO2S/c1-16(8-13-7-11(15)10-19-13)14(17)9-18-12-5-3-2-4-6-12/h2-7,10H,8-9H2,1H3. The molecule has 0 saturated carbocycles. The Hall–Kier alpha value is -1.33. The van der Waals surface area contributed by atoms with E-state index in [9.17, 15) is 4.79 Å². The van der Waals surface area contributed by atoms with Crippen LogP contribution in [0.15, 0.2) is 46.3 Å². The SMILES string of the molecule is CN(Cc1cc(Br)cs1)C(=O)COc1ccccc1. The summed E-state index contributed by atoms with van der Waals surface area (Å²) in [6, 6.07) is 11.4. The molecule has 1 heterocycles. The summed E-state index contributed by atoms with van der Waals surface area (Å²) in [5.41, 5.74) is 0. The fourth-order valence-corrected chi connectivity index (χ4v) is 3.03. The van der Waals surface area contributed by atoms with E-state index in [2.05, 4.69) is 15.9 Å². The van der Waals surface area contributed by atoms with Gasteiger partial charge >= 0.3 is 0 Å². The van der Waals surface area contributed by atoms with Crippen LogP contribution in [-0.2, 0) is 11.3 Å². The highest BCUT2D eigenvalue weighted by atomic mass is 79.9. The molecule has 0 atom stereocenters. The van der Waals surface area contributed by atoms with Gasteiger partial charge in [-0.05, 0) is 34.1 Å². The molecule has 0 N–H and O–H groups in total. The molecule has 5 heteroatoms. The Morgan fingerprint density at radius 1 is 1.37 bits per heavy atom. The number of hydrogen-bond donors (Lipinski definition) is 0. The Morgan fingerprint density at radius 2 is 2.11 bits per heavy atom. The van der Waals surface area contributed by atoms with Crippen LogP contribution < -0.4 is 4.74 Å². The lowest BCUT2D eigenvalue weighted by Crippen LogP contribution is -2.30. The van der Waals surface area contributed by atoms with Crippen LogP contribution in [-0.4, -0.2) is 24.5 Å². The lowest BCUT2D eigenvalue weighted by Gasteiger charge is -2.16. The third-order valence-corrected chi connectivity index (χ3v) is 4.23. The minimum atomic E-state index is -0.0339. The average Bonchev–Trinajstić information content (AvgIpc) is 2.82. The summed E-state index contributed by atoms with van der Waals surface area (Å²) >= 11 is 5.03. The zero-order valence-electron chi connectivity index (χ0n) is 10.5. The van der Waals surface area contributed by atoms with E-state index in [1.54, 1.807) is 23.3 Å². The summed E-state index contributed by atoms with van der Waals surface area (Å²) in [5, 5.41) is 2.01. The molecule has 2 rings (SSSR count). The van der Waals surface area contributed by atoms with Crippen LogP contribution in [0.25, 0.3) is 0 Å². The van der Waals surface area contributed by atoms with Crippen LogP contribution in [0, 0.1) is 0 Å². The van der Waals surface area contributed by atoms with Crippen LogP contribution in [0.1, 0.15) is 4.88 Å². The molecule has 1 amide bonds. The number of rotatable bonds is 5. The van der Waals surface area contributed by atoms with Gasteiger partial charge in [0.05, 0.1) is 6.54 Å². The zero-order chi connectivity index (χ0) is 13.7. The van der Waals surface area contributed by atoms with Crippen molar-refractivity contribution in [1.82, 2.24) is 4.90 Å². The van der Waals surface area contributed by atoms with Crippen molar-refractivity contribution >= 4 is 33.2 Å². The molecule has 0 bridgehead atoms. The summed E-state index contributed by atoms with van der Waals surface area (Å²) in [5.74, 6) is 0.677. The number of amides is 1. The number of ether oxygens (including phenoxy) is 1. The predicted octanol–water partition coefficient (Wildman–Crippen LogP) is 3.55. The second kappa shape index (κ2) is 6.73. The lowest BCUT2D eigenvalue weighted by atomic mass is 10.3. The molecule has 19 heavy (non-hydrogen) atoms. The van der Waals surface area contributed by atoms with E-state index in [4.69, 9.17) is 4.74 Å². The molecule has 1 aromatic carbocycles. The Balaban J connectivity index is 1.82. The zero-order valence-corrected chi connectivity index (χ0v) is 12.9. The van der Waals surface area contributed by atoms with E-state index in [1.807, 2.05) is 41.8 Å². The molecule has 0 saturated heterocycles. The normalized spacial score (nSPS) is 10.2. The van der Waals surface area contributed by atoms with E-state index in [1.165, 1.54) is 0 Å². The van der Waals surface area contributed by atoms with Gasteiger partial charge < -0.3 is 9.64 Å². The topological polar surface area (TPSA) is 29.5 Å². The number of likely N-dealkylation sites (N-methyl/N-ethyl adjacent to an activating group) is 1. The fraction of sp³-hybridized carbons (Fsp3) is 0.214. The first-order chi connectivity index (χ1) is 9.15. The van der Waals surface area contributed by atoms with Gasteiger partial charge in [0.25, 0.3) is 5.91 Å². The van der Waals surface area contributed by atoms with Gasteiger partial charge in [-0.1, -0.05) is 18.2 Å². The van der Waals surface area contributed by atoms with E-state index in [0.29, 0.717) is 12.3 Å². The highest BCUT2D eigenvalue weighted by Gasteiger charge is 2.11. The molecule has 0 aliphatic heterocycles. The van der Waals surface area contributed by atoms with Crippen LogP contribution in [0.5, 0.6) is 5.75 Å². The van der Waals surface area contributed by atoms with Gasteiger partial charge in [-0.25, -0.2) is 0 Å². The fourth-order valence-electron chi connectivity index (χ4n) is 1.53. The first kappa shape index (κ1) is 14.1. The molecule has 0 aliphatic rings. The third-order valence-electron chi connectivity index (χ3n) is 2.55. The number of carbonyl (C=O) groups excluding carboxylic acids is 1. The second-order valence-electron chi connectivity index (χ2n) is 4.08. The summed E-state index contributed by atoms with van der Waals surface area (Å²) in [4.78, 5) is 14.7. The lowest BCUT2D eigenvalue weighted by molar-refractivity contribution is -0.132. The molecule has 100 valence electrons. The largest absolute Gasteiger partial charge is 0.484 e. The Labute approximate surface area is 124 Å². The van der Waals surface area contributed by atoms with Crippen molar-refractivity contribution in [2.24, 2.45) is 0 Å². The van der Waals surface area contributed by atoms with Crippen molar-refractivity contribution < 1.29 is 9.53 Å². The summed E-state index contributed by atoms with van der Waals surface area (Å²) in [6.07, 6.45) is 0. The number of hydrogen-bond acceptors (Lipinski definition) is 3. The van der Waals surface area contributed by atoms with Gasteiger partial charge in [-0.3, -0.25) is 4.79 Å². The molecule has 3 nitrogen and oxygen atoms in total. The molecular formula is C14H14BrNO2S. The summed E-state index contributed by atoms with van der Waals surface area (Å²) in [6.45, 7) is 0.667. The smallest absolute Gasteiger partial charge is 0.260 e. The third kappa shape index (κ3) is 4.36. The Kier molecular flexibility index (Phi) is 4.99. The molecule has 0 spiro atoms. The minimum absolute atomic E-state index is 0.0339. The maximum absolute atomic E-state index is 11.9. The van der Waals surface area contributed by atoms with Gasteiger partial charge in [0.1, 0.15) is 5.75 Å². The maximum atomic E-state index is 11.9. The number of benzene rings is 1. The number of nitrogens with zero attached hydrogens (tertiary/aromatic N) is 1. The van der Waals surface area contributed by atoms with Gasteiger partial charge in [0, 0.05) is 21.8 Å². The van der Waals surface area contributed by atoms with E-state index >= 15 is 0 Å². The number of thiophene rings is 1. The van der Waals surface area contributed by atoms with E-state index in [0.717, 1.165) is 9.35 Å². The first-order valence-electron chi connectivity index (χ1n) is 5.80. The second-order valence-corrected chi connectivity index (χ2v) is 5.99. The molecule has 2 aromatic rings. The van der Waals surface area contributed by atoms with Crippen LogP contribution >= 0.6 is 27.3 Å². The first-order valence-corrected chi connectivity index (χ1v) is 7.47. The minimum Gasteiger partial charge on any atom is -0.484 e. The van der Waals surface area contributed by atoms with E-state index < -0.39 is 0 Å². The van der Waals surface area contributed by atoms with Crippen molar-refractivity contribution in [3.63, 3.8) is 0 Å². The average molecular weight is 340 g/mol. The van der Waals surface area contributed by atoms with Gasteiger partial charge in [-0.15, -0.1) is 11.3 Å². The number of carbonyl (C=O) groups is 1. The molecule has 0 radical (unpaired) electrons. The van der Waals surface area contributed by atoms with Gasteiger partial charge in [0.15, 0.2) is 6.61 Å². The monoisotopic (exact) mass is 339 g/mol. The highest BCUT2D eigenvalue weighted by Crippen LogP contribution is 2.20. The molecular weight excluding hydrogens is 326 g/mol. The van der Waals surface area contributed by atoms with E-state index in [-0.39, 0.29) is 12.5 Å². The van der Waals surface area contributed by atoms with Gasteiger partial charge in [0.2, 0.25) is 0 Å². The highest BCUT2D eigenvalue weighted by molar-refractivity contribution is 9.10. The van der Waals surface area contributed by atoms with Crippen LogP contribution in [0.3, 0.4) is 0 Å². The molecule has 0 fully saturated rings. The van der Waals surface area contributed by atoms with Crippen molar-refractivity contribution in [2.75, 3.05) is 13.7 Å². The maximum Gasteiger partial charge on any atom is 0.260 e. The Bertz CT molecular complexity index is 541. The predicted molar refractivity (Wildman–Crippen MR) is 80.4 cm³/mol. The number of para-hydroxylation sites is 1. The van der Waals surface area contributed by atoms with Gasteiger partial charge in [-0.2, -0.15) is 0 Å². The van der Waals surface area contributed by atoms with Crippen LogP contribution in [0.4, 0.5) is 0 Å². The van der Waals surface area contributed by atoms with Crippen molar-refractivity contribution in [3.8, 4) is 5.75 Å². The van der Waals surface area contributed by atoms with Crippen LogP contribution in [0.2, 0.25) is 0 Å². The quantitative estimate of drug-likeness (QED) is 0.833. The molecule has 0 unspecified atom stereocenters. The summed E-state index contributed by atoms with van der Waals surface area (Å²) < 4.78 is 6.48. The van der Waals surface area contributed by atoms with Crippen molar-refractivity contribution in [1.29, 1.82) is 0 Å². The Morgan fingerprint density at radius 3 is 2.74 bits per heavy atom. The van der Waals surface area contributed by atoms with Crippen molar-refractivity contribution in [2.45, 2.75) is 6.54 Å².